The molecule has 0 amide bonds. The summed E-state index contributed by atoms with van der Waals surface area (Å²) < 4.78 is 12.2. The zero-order chi connectivity index (χ0) is 26.8. The summed E-state index contributed by atoms with van der Waals surface area (Å²) >= 11 is 0. The lowest BCUT2D eigenvalue weighted by molar-refractivity contribution is -0.187. The van der Waals surface area contributed by atoms with Gasteiger partial charge in [0.1, 0.15) is 0 Å². The number of aliphatic hydroxyl groups is 1. The van der Waals surface area contributed by atoms with Crippen molar-refractivity contribution in [3.05, 3.63) is 35.9 Å². The lowest BCUT2D eigenvalue weighted by atomic mass is 9.49. The summed E-state index contributed by atoms with van der Waals surface area (Å²) in [6.07, 6.45) is 15.8. The molecule has 6 nitrogen and oxygen atoms in total. The van der Waals surface area contributed by atoms with Gasteiger partial charge in [0.05, 0.1) is 11.0 Å². The average Bonchev–Trinajstić information content (AvgIpc) is 3.26. The average molecular weight is 524 g/mol. The van der Waals surface area contributed by atoms with Crippen LogP contribution in [0.2, 0.25) is 0 Å². The number of unbranched alkanes of at least 4 members (excludes halogenated alkanes) is 9. The predicted octanol–water partition coefficient (Wildman–Crippen LogP) is 5.81. The van der Waals surface area contributed by atoms with Gasteiger partial charge in [0.25, 0.3) is 0 Å². The highest BCUT2D eigenvalue weighted by Crippen LogP contribution is 2.64. The largest absolute Gasteiger partial charge is 0.477 e. The van der Waals surface area contributed by atoms with Crippen LogP contribution in [0.1, 0.15) is 108 Å². The molecule has 208 valence electrons. The number of piperidine rings is 1. The van der Waals surface area contributed by atoms with Gasteiger partial charge >= 0.3 is 5.97 Å². The lowest BCUT2D eigenvalue weighted by Crippen LogP contribution is -2.76. The molecule has 2 unspecified atom stereocenters. The fourth-order valence-electron chi connectivity index (χ4n) is 7.80. The number of hydrogen-bond acceptors (Lipinski definition) is 6. The minimum absolute atomic E-state index is 0.0392. The number of Topliss-reactive ketones (excluding diaryl/α,β-unsaturated/α-hetero) is 1. The Morgan fingerprint density at radius 1 is 1.13 bits per heavy atom. The first-order valence-corrected chi connectivity index (χ1v) is 15.1. The highest BCUT2D eigenvalue weighted by Gasteiger charge is 2.73. The van der Waals surface area contributed by atoms with Crippen LogP contribution in [0.4, 0.5) is 0 Å². The Morgan fingerprint density at radius 2 is 1.84 bits per heavy atom. The summed E-state index contributed by atoms with van der Waals surface area (Å²) in [6.45, 7) is 7.63. The molecule has 4 aliphatic rings. The van der Waals surface area contributed by atoms with Crippen molar-refractivity contribution >= 4 is 11.8 Å². The number of ether oxygens (including phenoxy) is 2. The molecule has 2 aliphatic heterocycles. The number of likely N-dealkylation sites (tertiary alicyclic amines) is 1. The van der Waals surface area contributed by atoms with Gasteiger partial charge in [0.2, 0.25) is 0 Å². The van der Waals surface area contributed by atoms with Crippen LogP contribution in [-0.4, -0.2) is 52.6 Å². The maximum Gasteiger partial charge on any atom is 0.311 e. The van der Waals surface area contributed by atoms with E-state index in [4.69, 9.17) is 9.47 Å². The Hall–Kier alpha value is -2.18. The van der Waals surface area contributed by atoms with Crippen LogP contribution >= 0.6 is 0 Å². The van der Waals surface area contributed by atoms with Crippen molar-refractivity contribution in [3.8, 4) is 11.5 Å². The number of benzene rings is 1. The summed E-state index contributed by atoms with van der Waals surface area (Å²) in [5.74, 6) is 0.685. The molecule has 1 saturated heterocycles. The molecule has 38 heavy (non-hydrogen) atoms. The van der Waals surface area contributed by atoms with E-state index in [2.05, 4.69) is 18.4 Å². The number of esters is 1. The normalized spacial score (nSPS) is 29.1. The second-order valence-corrected chi connectivity index (χ2v) is 11.9. The van der Waals surface area contributed by atoms with E-state index in [0.29, 0.717) is 50.1 Å². The smallest absolute Gasteiger partial charge is 0.311 e. The molecule has 6 heteroatoms. The minimum atomic E-state index is -1.05. The number of hydrogen-bond donors (Lipinski definition) is 1. The highest BCUT2D eigenvalue weighted by atomic mass is 16.6. The number of carbonyl (C=O) groups is 2. The van der Waals surface area contributed by atoms with Crippen molar-refractivity contribution in [2.24, 2.45) is 0 Å². The fourth-order valence-corrected chi connectivity index (χ4v) is 7.80. The molecule has 2 fully saturated rings. The number of carbonyl (C=O) groups excluding carboxylic acids is 2. The van der Waals surface area contributed by atoms with Crippen molar-refractivity contribution in [2.75, 3.05) is 13.1 Å². The topological polar surface area (TPSA) is 76.1 Å². The number of nitrogens with zero attached hydrogens (tertiary/aromatic N) is 1. The van der Waals surface area contributed by atoms with Crippen LogP contribution < -0.4 is 9.47 Å². The molecule has 0 radical (unpaired) electrons. The maximum atomic E-state index is 13.1. The molecule has 2 aliphatic carbocycles. The lowest BCUT2D eigenvalue weighted by Gasteiger charge is -2.62. The number of rotatable bonds is 14. The first-order chi connectivity index (χ1) is 18.5. The fraction of sp³-hybridized carbons (Fsp3) is 0.688. The molecule has 4 atom stereocenters. The summed E-state index contributed by atoms with van der Waals surface area (Å²) in [5.41, 5.74) is 0.183. The van der Waals surface area contributed by atoms with Gasteiger partial charge in [-0.3, -0.25) is 14.5 Å². The van der Waals surface area contributed by atoms with Crippen molar-refractivity contribution in [3.63, 3.8) is 0 Å². The van der Waals surface area contributed by atoms with Crippen LogP contribution in [0.25, 0.3) is 0 Å². The first-order valence-electron chi connectivity index (χ1n) is 15.1. The van der Waals surface area contributed by atoms with Crippen LogP contribution in [0, 0.1) is 0 Å². The van der Waals surface area contributed by atoms with Crippen LogP contribution in [0.5, 0.6) is 11.5 Å². The molecule has 1 N–H and O–H groups in total. The molecule has 1 aromatic rings. The summed E-state index contributed by atoms with van der Waals surface area (Å²) in [7, 11) is 0. The third-order valence-corrected chi connectivity index (χ3v) is 9.68. The van der Waals surface area contributed by atoms with Crippen molar-refractivity contribution < 1.29 is 24.2 Å². The van der Waals surface area contributed by atoms with Crippen LogP contribution in [-0.2, 0) is 21.4 Å². The van der Waals surface area contributed by atoms with Crippen molar-refractivity contribution in [1.82, 2.24) is 4.90 Å². The molecule has 2 heterocycles. The van der Waals surface area contributed by atoms with Gasteiger partial charge < -0.3 is 14.6 Å². The molecule has 0 aromatic heterocycles. The molecule has 2 bridgehead atoms. The molecular formula is C32H45NO5. The van der Waals surface area contributed by atoms with E-state index in [-0.39, 0.29) is 17.8 Å². The molecular weight excluding hydrogens is 478 g/mol. The second-order valence-electron chi connectivity index (χ2n) is 11.9. The van der Waals surface area contributed by atoms with Crippen molar-refractivity contribution in [2.45, 2.75) is 126 Å². The van der Waals surface area contributed by atoms with Gasteiger partial charge in [-0.25, -0.2) is 0 Å². The van der Waals surface area contributed by atoms with Crippen LogP contribution in [0.3, 0.4) is 0 Å². The van der Waals surface area contributed by atoms with Gasteiger partial charge in [0.15, 0.2) is 23.4 Å². The van der Waals surface area contributed by atoms with Crippen LogP contribution in [0.15, 0.2) is 24.8 Å². The van der Waals surface area contributed by atoms with E-state index >= 15 is 0 Å². The van der Waals surface area contributed by atoms with E-state index in [0.717, 1.165) is 36.9 Å². The Morgan fingerprint density at radius 3 is 2.55 bits per heavy atom. The third-order valence-electron chi connectivity index (χ3n) is 9.68. The first kappa shape index (κ1) is 27.4. The Kier molecular flexibility index (Phi) is 8.30. The third kappa shape index (κ3) is 4.62. The zero-order valence-corrected chi connectivity index (χ0v) is 23.1. The molecule has 1 saturated carbocycles. The van der Waals surface area contributed by atoms with E-state index in [1.807, 2.05) is 18.2 Å². The van der Waals surface area contributed by atoms with Gasteiger partial charge in [-0.05, 0) is 37.3 Å². The van der Waals surface area contributed by atoms with Gasteiger partial charge in [0, 0.05) is 37.5 Å². The quantitative estimate of drug-likeness (QED) is 0.143. The zero-order valence-electron chi connectivity index (χ0n) is 23.1. The van der Waals surface area contributed by atoms with Crippen molar-refractivity contribution in [1.29, 1.82) is 0 Å². The monoisotopic (exact) mass is 523 g/mol. The van der Waals surface area contributed by atoms with E-state index in [1.165, 1.54) is 44.9 Å². The summed E-state index contributed by atoms with van der Waals surface area (Å²) in [6, 6.07) is 3.75. The Balaban J connectivity index is 1.24. The van der Waals surface area contributed by atoms with Gasteiger partial charge in [-0.2, -0.15) is 0 Å². The van der Waals surface area contributed by atoms with E-state index in [9.17, 15) is 14.7 Å². The minimum Gasteiger partial charge on any atom is -0.477 e. The van der Waals surface area contributed by atoms with Gasteiger partial charge in [-0.1, -0.05) is 76.9 Å². The molecule has 1 spiro atoms. The Labute approximate surface area is 227 Å². The Bertz CT molecular complexity index is 1050. The van der Waals surface area contributed by atoms with E-state index in [1.54, 1.807) is 0 Å². The molecule has 1 aromatic carbocycles. The number of ketones is 1. The summed E-state index contributed by atoms with van der Waals surface area (Å²) in [5, 5.41) is 12.2. The standard InChI is InChI=1S/C32H45NO5/c1-3-5-6-7-8-9-10-11-12-13-14-27(35)37-25-16-15-23-22-26-32(36)18-17-24(34)30-31(32,28(23)29(25)38-30)19-21-33(26)20-4-2/h4,15-16,26,30,36H,2-3,5-14,17-22H2,1H3/t26?,30?,31-,32+/m0/s1. The maximum absolute atomic E-state index is 13.1. The molecule has 5 rings (SSSR count). The van der Waals surface area contributed by atoms with E-state index < -0.39 is 17.1 Å². The predicted molar refractivity (Wildman–Crippen MR) is 148 cm³/mol. The second kappa shape index (κ2) is 11.5. The SMILES string of the molecule is C=CCN1CC[C@]23c4c5ccc(OC(=O)CCCCCCCCCCCC)c4OC2C(=O)CC[C@@]3(O)C1C5. The summed E-state index contributed by atoms with van der Waals surface area (Å²) in [4.78, 5) is 28.2. The highest BCUT2D eigenvalue weighted by molar-refractivity contribution is 5.90. The van der Waals surface area contributed by atoms with Gasteiger partial charge in [-0.15, -0.1) is 6.58 Å².